The first-order valence-corrected chi connectivity index (χ1v) is 9.13. The summed E-state index contributed by atoms with van der Waals surface area (Å²) in [5, 5.41) is 3.19. The van der Waals surface area contributed by atoms with Gasteiger partial charge in [-0.3, -0.25) is 9.69 Å². The third kappa shape index (κ3) is 5.27. The Morgan fingerprint density at radius 2 is 1.96 bits per heavy atom. The maximum Gasteiger partial charge on any atom is 0.246 e. The van der Waals surface area contributed by atoms with E-state index in [4.69, 9.17) is 4.74 Å². The number of piperazine rings is 1. The highest BCUT2D eigenvalue weighted by atomic mass is 16.5. The van der Waals surface area contributed by atoms with Gasteiger partial charge in [-0.25, -0.2) is 4.98 Å². The Morgan fingerprint density at radius 3 is 2.63 bits per heavy atom. The molecule has 142 valence electrons. The number of benzene rings is 1. The van der Waals surface area contributed by atoms with E-state index in [1.54, 1.807) is 12.3 Å². The topological polar surface area (TPSA) is 70.6 Å². The molecule has 1 fully saturated rings. The SMILES string of the molecule is C=CC(=O)N1CCN(Cc2ccc(Nc3nccc(OCC)n3)cc2)CC1. The van der Waals surface area contributed by atoms with Crippen LogP contribution in [0.1, 0.15) is 12.5 Å². The molecular weight excluding hydrogens is 342 g/mol. The van der Waals surface area contributed by atoms with Crippen LogP contribution in [0.4, 0.5) is 11.6 Å². The van der Waals surface area contributed by atoms with Crippen molar-refractivity contribution in [3.8, 4) is 5.88 Å². The Bertz CT molecular complexity index is 770. The molecule has 1 amide bonds. The smallest absolute Gasteiger partial charge is 0.246 e. The van der Waals surface area contributed by atoms with Crippen LogP contribution in [0.25, 0.3) is 0 Å². The van der Waals surface area contributed by atoms with Gasteiger partial charge in [0.1, 0.15) is 0 Å². The lowest BCUT2D eigenvalue weighted by Crippen LogP contribution is -2.47. The molecular formula is C20H25N5O2. The van der Waals surface area contributed by atoms with E-state index < -0.39 is 0 Å². The lowest BCUT2D eigenvalue weighted by atomic mass is 10.1. The zero-order valence-corrected chi connectivity index (χ0v) is 15.6. The van der Waals surface area contributed by atoms with E-state index in [9.17, 15) is 4.79 Å². The second-order valence-corrected chi connectivity index (χ2v) is 6.28. The number of nitrogens with zero attached hydrogens (tertiary/aromatic N) is 4. The Labute approximate surface area is 159 Å². The van der Waals surface area contributed by atoms with Gasteiger partial charge in [-0.15, -0.1) is 0 Å². The van der Waals surface area contributed by atoms with Crippen molar-refractivity contribution in [3.05, 3.63) is 54.7 Å². The number of ether oxygens (including phenoxy) is 1. The average molecular weight is 367 g/mol. The van der Waals surface area contributed by atoms with E-state index in [0.29, 0.717) is 18.4 Å². The second-order valence-electron chi connectivity index (χ2n) is 6.28. The summed E-state index contributed by atoms with van der Waals surface area (Å²) < 4.78 is 5.39. The molecule has 0 spiro atoms. The Kier molecular flexibility index (Phi) is 6.38. The number of rotatable bonds is 7. The zero-order valence-electron chi connectivity index (χ0n) is 15.6. The fraction of sp³-hybridized carbons (Fsp3) is 0.350. The van der Waals surface area contributed by atoms with Gasteiger partial charge in [-0.2, -0.15) is 4.98 Å². The lowest BCUT2D eigenvalue weighted by Gasteiger charge is -2.34. The molecule has 2 heterocycles. The number of hydrogen-bond acceptors (Lipinski definition) is 6. The van der Waals surface area contributed by atoms with Gasteiger partial charge in [-0.1, -0.05) is 18.7 Å². The van der Waals surface area contributed by atoms with Crippen LogP contribution < -0.4 is 10.1 Å². The quantitative estimate of drug-likeness (QED) is 0.758. The largest absolute Gasteiger partial charge is 0.478 e. The molecule has 2 aromatic rings. The minimum absolute atomic E-state index is 0.0145. The van der Waals surface area contributed by atoms with Crippen molar-refractivity contribution in [1.82, 2.24) is 19.8 Å². The van der Waals surface area contributed by atoms with Crippen molar-refractivity contribution in [2.45, 2.75) is 13.5 Å². The Morgan fingerprint density at radius 1 is 1.22 bits per heavy atom. The number of carbonyl (C=O) groups excluding carboxylic acids is 1. The first kappa shape index (κ1) is 18.8. The molecule has 1 N–H and O–H groups in total. The molecule has 27 heavy (non-hydrogen) atoms. The predicted octanol–water partition coefficient (Wildman–Crippen LogP) is 2.45. The van der Waals surface area contributed by atoms with Crippen LogP contribution in [0.3, 0.4) is 0 Å². The van der Waals surface area contributed by atoms with E-state index in [-0.39, 0.29) is 5.91 Å². The van der Waals surface area contributed by atoms with E-state index >= 15 is 0 Å². The molecule has 3 rings (SSSR count). The summed E-state index contributed by atoms with van der Waals surface area (Å²) in [6.07, 6.45) is 3.06. The highest BCUT2D eigenvalue weighted by molar-refractivity contribution is 5.87. The maximum atomic E-state index is 11.6. The number of aromatic nitrogens is 2. The minimum atomic E-state index is 0.0145. The van der Waals surface area contributed by atoms with Crippen LogP contribution >= 0.6 is 0 Å². The van der Waals surface area contributed by atoms with Gasteiger partial charge in [0.15, 0.2) is 0 Å². The fourth-order valence-electron chi connectivity index (χ4n) is 2.97. The Hall–Kier alpha value is -2.93. The molecule has 0 bridgehead atoms. The average Bonchev–Trinajstić information content (AvgIpc) is 2.70. The number of amides is 1. The van der Waals surface area contributed by atoms with Gasteiger partial charge >= 0.3 is 0 Å². The maximum absolute atomic E-state index is 11.6. The molecule has 1 aliphatic rings. The van der Waals surface area contributed by atoms with Crippen LogP contribution in [0, 0.1) is 0 Å². The van der Waals surface area contributed by atoms with Gasteiger partial charge < -0.3 is 15.0 Å². The monoisotopic (exact) mass is 367 g/mol. The number of hydrogen-bond donors (Lipinski definition) is 1. The number of carbonyl (C=O) groups is 1. The van der Waals surface area contributed by atoms with Gasteiger partial charge in [0, 0.05) is 50.7 Å². The third-order valence-corrected chi connectivity index (χ3v) is 4.40. The molecule has 0 radical (unpaired) electrons. The van der Waals surface area contributed by atoms with Crippen LogP contribution in [-0.4, -0.2) is 58.5 Å². The van der Waals surface area contributed by atoms with Gasteiger partial charge in [0.2, 0.25) is 17.7 Å². The van der Waals surface area contributed by atoms with Crippen molar-refractivity contribution in [3.63, 3.8) is 0 Å². The van der Waals surface area contributed by atoms with E-state index in [1.165, 1.54) is 11.6 Å². The van der Waals surface area contributed by atoms with Gasteiger partial charge in [0.05, 0.1) is 6.61 Å². The summed E-state index contributed by atoms with van der Waals surface area (Å²) in [7, 11) is 0. The van der Waals surface area contributed by atoms with Crippen molar-refractivity contribution >= 4 is 17.5 Å². The molecule has 1 saturated heterocycles. The molecule has 0 unspecified atom stereocenters. The van der Waals surface area contributed by atoms with Gasteiger partial charge in [-0.05, 0) is 30.7 Å². The predicted molar refractivity (Wildman–Crippen MR) is 105 cm³/mol. The standard InChI is InChI=1S/C20H25N5O2/c1-3-19(26)25-13-11-24(12-14-25)15-16-5-7-17(8-6-16)22-20-21-10-9-18(23-20)27-4-2/h3,5-10H,1,4,11-15H2,2H3,(H,21,22,23). The van der Waals surface area contributed by atoms with Crippen LogP contribution in [0.5, 0.6) is 5.88 Å². The summed E-state index contributed by atoms with van der Waals surface area (Å²) in [5.41, 5.74) is 2.15. The molecule has 0 aliphatic carbocycles. The molecule has 7 heteroatoms. The first-order valence-electron chi connectivity index (χ1n) is 9.13. The van der Waals surface area contributed by atoms with E-state index in [0.717, 1.165) is 38.4 Å². The summed E-state index contributed by atoms with van der Waals surface area (Å²) >= 11 is 0. The summed E-state index contributed by atoms with van der Waals surface area (Å²) in [6.45, 7) is 10.1. The summed E-state index contributed by atoms with van der Waals surface area (Å²) in [4.78, 5) is 24.4. The number of nitrogens with one attached hydrogen (secondary N) is 1. The highest BCUT2D eigenvalue weighted by Crippen LogP contribution is 2.17. The molecule has 1 aromatic carbocycles. The molecule has 0 saturated carbocycles. The van der Waals surface area contributed by atoms with Crippen LogP contribution in [0.15, 0.2) is 49.2 Å². The second kappa shape index (κ2) is 9.14. The normalized spacial score (nSPS) is 14.6. The lowest BCUT2D eigenvalue weighted by molar-refractivity contribution is -0.127. The van der Waals surface area contributed by atoms with E-state index in [1.807, 2.05) is 24.0 Å². The third-order valence-electron chi connectivity index (χ3n) is 4.40. The van der Waals surface area contributed by atoms with Gasteiger partial charge in [0.25, 0.3) is 0 Å². The van der Waals surface area contributed by atoms with Crippen LogP contribution in [-0.2, 0) is 11.3 Å². The Balaban J connectivity index is 1.53. The first-order chi connectivity index (χ1) is 13.2. The van der Waals surface area contributed by atoms with Crippen molar-refractivity contribution in [2.75, 3.05) is 38.1 Å². The van der Waals surface area contributed by atoms with Crippen molar-refractivity contribution in [1.29, 1.82) is 0 Å². The molecule has 1 aromatic heterocycles. The van der Waals surface area contributed by atoms with Crippen molar-refractivity contribution < 1.29 is 9.53 Å². The summed E-state index contributed by atoms with van der Waals surface area (Å²) in [5.74, 6) is 1.08. The minimum Gasteiger partial charge on any atom is -0.478 e. The molecule has 0 atom stereocenters. The zero-order chi connectivity index (χ0) is 19.1. The van der Waals surface area contributed by atoms with Crippen LogP contribution in [0.2, 0.25) is 0 Å². The fourth-order valence-corrected chi connectivity index (χ4v) is 2.97. The molecule has 7 nitrogen and oxygen atoms in total. The van der Waals surface area contributed by atoms with Crippen molar-refractivity contribution in [2.24, 2.45) is 0 Å². The van der Waals surface area contributed by atoms with E-state index in [2.05, 4.69) is 38.9 Å². The summed E-state index contributed by atoms with van der Waals surface area (Å²) in [6, 6.07) is 9.96. The highest BCUT2D eigenvalue weighted by Gasteiger charge is 2.19. The molecule has 1 aliphatic heterocycles. The number of anilines is 2.